The lowest BCUT2D eigenvalue weighted by Crippen LogP contribution is -2.27. The summed E-state index contributed by atoms with van der Waals surface area (Å²) in [5.41, 5.74) is 2.95. The van der Waals surface area contributed by atoms with E-state index in [0.29, 0.717) is 5.89 Å². The Kier molecular flexibility index (Phi) is 4.19. The number of aryl methyl sites for hydroxylation is 1. The molecule has 0 bridgehead atoms. The maximum Gasteiger partial charge on any atom is 0.293 e. The van der Waals surface area contributed by atoms with Crippen LogP contribution < -0.4 is 5.32 Å². The minimum atomic E-state index is -0.358. The molecule has 5 nitrogen and oxygen atoms in total. The predicted molar refractivity (Wildman–Crippen MR) is 86.8 cm³/mol. The smallest absolute Gasteiger partial charge is 0.293 e. The van der Waals surface area contributed by atoms with Crippen LogP contribution >= 0.6 is 0 Å². The van der Waals surface area contributed by atoms with Gasteiger partial charge in [-0.1, -0.05) is 53.2 Å². The van der Waals surface area contributed by atoms with Gasteiger partial charge < -0.3 is 9.84 Å². The minimum Gasteiger partial charge on any atom is -0.343 e. The number of amides is 1. The number of carbonyl (C=O) groups is 1. The highest BCUT2D eigenvalue weighted by Gasteiger charge is 2.18. The first-order chi connectivity index (χ1) is 11.1. The van der Waals surface area contributed by atoms with Crippen LogP contribution in [0.1, 0.15) is 34.7 Å². The molecule has 3 aromatic rings. The van der Waals surface area contributed by atoms with Crippen LogP contribution in [0.4, 0.5) is 0 Å². The molecule has 5 heteroatoms. The molecule has 0 aliphatic rings. The monoisotopic (exact) mass is 307 g/mol. The fourth-order valence-corrected chi connectivity index (χ4v) is 2.22. The average molecular weight is 307 g/mol. The lowest BCUT2D eigenvalue weighted by molar-refractivity contribution is 0.0926. The van der Waals surface area contributed by atoms with E-state index in [1.54, 1.807) is 0 Å². The van der Waals surface area contributed by atoms with Gasteiger partial charge in [0.2, 0.25) is 0 Å². The normalized spacial score (nSPS) is 11.9. The number of aromatic nitrogens is 2. The Hall–Kier alpha value is -2.95. The van der Waals surface area contributed by atoms with Crippen molar-refractivity contribution in [1.29, 1.82) is 0 Å². The zero-order valence-electron chi connectivity index (χ0n) is 13.0. The molecule has 0 saturated heterocycles. The highest BCUT2D eigenvalue weighted by Crippen LogP contribution is 2.18. The summed E-state index contributed by atoms with van der Waals surface area (Å²) in [6, 6.07) is 17.3. The van der Waals surface area contributed by atoms with Gasteiger partial charge in [-0.25, -0.2) is 0 Å². The predicted octanol–water partition coefficient (Wildman–Crippen LogP) is 3.54. The van der Waals surface area contributed by atoms with Crippen molar-refractivity contribution in [3.05, 3.63) is 71.5 Å². The second-order valence-electron chi connectivity index (χ2n) is 5.39. The van der Waals surface area contributed by atoms with Gasteiger partial charge in [0.05, 0.1) is 6.04 Å². The van der Waals surface area contributed by atoms with Crippen molar-refractivity contribution >= 4 is 5.91 Å². The fourth-order valence-electron chi connectivity index (χ4n) is 2.22. The standard InChI is InChI=1S/C18H17N3O2/c1-12-8-10-15(11-9-12)18-20-16(21-23-18)17(22)19-13(2)14-6-4-3-5-7-14/h3-11,13H,1-2H3,(H,19,22)/t13-/m0/s1. The van der Waals surface area contributed by atoms with E-state index in [9.17, 15) is 4.79 Å². The van der Waals surface area contributed by atoms with Crippen molar-refractivity contribution in [2.75, 3.05) is 0 Å². The molecule has 0 fully saturated rings. The van der Waals surface area contributed by atoms with Crippen LogP contribution in [0.3, 0.4) is 0 Å². The molecule has 0 radical (unpaired) electrons. The molecule has 1 amide bonds. The first-order valence-corrected chi connectivity index (χ1v) is 7.40. The summed E-state index contributed by atoms with van der Waals surface area (Å²) < 4.78 is 5.18. The summed E-state index contributed by atoms with van der Waals surface area (Å²) in [4.78, 5) is 16.4. The molecule has 2 aromatic carbocycles. The second kappa shape index (κ2) is 6.44. The number of benzene rings is 2. The summed E-state index contributed by atoms with van der Waals surface area (Å²) >= 11 is 0. The molecule has 0 spiro atoms. The van der Waals surface area contributed by atoms with Crippen molar-refractivity contribution in [1.82, 2.24) is 15.5 Å². The Labute approximate surface area is 134 Å². The van der Waals surface area contributed by atoms with E-state index in [1.807, 2.05) is 68.4 Å². The van der Waals surface area contributed by atoms with Crippen LogP contribution in [0, 0.1) is 6.92 Å². The van der Waals surface area contributed by atoms with Gasteiger partial charge in [-0.3, -0.25) is 4.79 Å². The topological polar surface area (TPSA) is 68.0 Å². The molecule has 0 unspecified atom stereocenters. The van der Waals surface area contributed by atoms with Crippen LogP contribution in [0.25, 0.3) is 11.5 Å². The van der Waals surface area contributed by atoms with Gasteiger partial charge in [0.25, 0.3) is 17.6 Å². The molecule has 0 aliphatic heterocycles. The average Bonchev–Trinajstić information content (AvgIpc) is 3.06. The largest absolute Gasteiger partial charge is 0.343 e. The SMILES string of the molecule is Cc1ccc(-c2nc(C(=O)N[C@@H](C)c3ccccc3)no2)cc1. The Morgan fingerprint density at radius 3 is 2.48 bits per heavy atom. The Bertz CT molecular complexity index is 795. The van der Waals surface area contributed by atoms with Crippen LogP contribution in [0.2, 0.25) is 0 Å². The third-order valence-corrected chi connectivity index (χ3v) is 3.57. The van der Waals surface area contributed by atoms with Crippen LogP contribution in [-0.4, -0.2) is 16.0 Å². The molecule has 3 rings (SSSR count). The molecule has 0 saturated carbocycles. The van der Waals surface area contributed by atoms with Crippen molar-refractivity contribution in [3.8, 4) is 11.5 Å². The number of hydrogen-bond donors (Lipinski definition) is 1. The number of nitrogens with one attached hydrogen (secondary N) is 1. The highest BCUT2D eigenvalue weighted by molar-refractivity contribution is 5.90. The number of hydrogen-bond acceptors (Lipinski definition) is 4. The van der Waals surface area contributed by atoms with E-state index in [1.165, 1.54) is 0 Å². The minimum absolute atomic E-state index is 0.0309. The van der Waals surface area contributed by atoms with Gasteiger partial charge in [-0.05, 0) is 31.5 Å². The van der Waals surface area contributed by atoms with E-state index < -0.39 is 0 Å². The molecular formula is C18H17N3O2. The summed E-state index contributed by atoms with van der Waals surface area (Å²) in [5, 5.41) is 6.63. The van der Waals surface area contributed by atoms with Crippen LogP contribution in [0.5, 0.6) is 0 Å². The third-order valence-electron chi connectivity index (χ3n) is 3.57. The first-order valence-electron chi connectivity index (χ1n) is 7.40. The molecular weight excluding hydrogens is 290 g/mol. The number of rotatable bonds is 4. The first kappa shape index (κ1) is 15.0. The maximum absolute atomic E-state index is 12.2. The van der Waals surface area contributed by atoms with Crippen LogP contribution in [0.15, 0.2) is 59.1 Å². The molecule has 1 heterocycles. The third kappa shape index (κ3) is 3.45. The highest BCUT2D eigenvalue weighted by atomic mass is 16.5. The van der Waals surface area contributed by atoms with Crippen molar-refractivity contribution in [2.45, 2.75) is 19.9 Å². The molecule has 1 atom stereocenters. The molecule has 1 aromatic heterocycles. The van der Waals surface area contributed by atoms with Gasteiger partial charge in [-0.2, -0.15) is 4.98 Å². The zero-order valence-corrected chi connectivity index (χ0v) is 13.0. The summed E-state index contributed by atoms with van der Waals surface area (Å²) in [7, 11) is 0. The van der Waals surface area contributed by atoms with Gasteiger partial charge >= 0.3 is 0 Å². The lowest BCUT2D eigenvalue weighted by Gasteiger charge is -2.12. The lowest BCUT2D eigenvalue weighted by atomic mass is 10.1. The van der Waals surface area contributed by atoms with E-state index in [2.05, 4.69) is 15.5 Å². The molecule has 0 aliphatic carbocycles. The number of carbonyl (C=O) groups excluding carboxylic acids is 1. The Morgan fingerprint density at radius 2 is 1.78 bits per heavy atom. The van der Waals surface area contributed by atoms with Gasteiger partial charge in [0, 0.05) is 5.56 Å². The van der Waals surface area contributed by atoms with E-state index in [-0.39, 0.29) is 17.8 Å². The second-order valence-corrected chi connectivity index (χ2v) is 5.39. The van der Waals surface area contributed by atoms with Gasteiger partial charge in [0.15, 0.2) is 0 Å². The van der Waals surface area contributed by atoms with Crippen LogP contribution in [-0.2, 0) is 0 Å². The maximum atomic E-state index is 12.2. The zero-order chi connectivity index (χ0) is 16.2. The molecule has 23 heavy (non-hydrogen) atoms. The number of nitrogens with zero attached hydrogens (tertiary/aromatic N) is 2. The van der Waals surface area contributed by atoms with E-state index in [4.69, 9.17) is 4.52 Å². The van der Waals surface area contributed by atoms with E-state index in [0.717, 1.165) is 16.7 Å². The fraction of sp³-hybridized carbons (Fsp3) is 0.167. The van der Waals surface area contributed by atoms with Gasteiger partial charge in [0.1, 0.15) is 0 Å². The summed E-state index contributed by atoms with van der Waals surface area (Å²) in [6.07, 6.45) is 0. The van der Waals surface area contributed by atoms with Crippen molar-refractivity contribution < 1.29 is 9.32 Å². The van der Waals surface area contributed by atoms with E-state index >= 15 is 0 Å². The molecule has 1 N–H and O–H groups in total. The molecule has 116 valence electrons. The Balaban J connectivity index is 1.72. The Morgan fingerprint density at radius 1 is 1.09 bits per heavy atom. The van der Waals surface area contributed by atoms with Gasteiger partial charge in [-0.15, -0.1) is 0 Å². The summed E-state index contributed by atoms with van der Waals surface area (Å²) in [6.45, 7) is 3.91. The quantitative estimate of drug-likeness (QED) is 0.800. The van der Waals surface area contributed by atoms with Crippen molar-refractivity contribution in [2.24, 2.45) is 0 Å². The van der Waals surface area contributed by atoms with Crippen molar-refractivity contribution in [3.63, 3.8) is 0 Å². The summed E-state index contributed by atoms with van der Waals surface area (Å²) in [5.74, 6) is 0.00864.